The van der Waals surface area contributed by atoms with Gasteiger partial charge < -0.3 is 14.2 Å². The molecule has 1 aliphatic carbocycles. The van der Waals surface area contributed by atoms with E-state index in [1.807, 2.05) is 6.92 Å². The molecule has 6 nitrogen and oxygen atoms in total. The maximum Gasteiger partial charge on any atom is 0.333 e. The molecule has 0 atom stereocenters. The second kappa shape index (κ2) is 16.8. The monoisotopic (exact) mass is 396 g/mol. The number of hydrogen-bond donors (Lipinski definition) is 0. The van der Waals surface area contributed by atoms with Crippen LogP contribution in [0.2, 0.25) is 0 Å². The van der Waals surface area contributed by atoms with Crippen molar-refractivity contribution in [3.63, 3.8) is 0 Å². The minimum atomic E-state index is -0.347. The predicted molar refractivity (Wildman–Crippen MR) is 111 cm³/mol. The largest absolute Gasteiger partial charge is 0.466 e. The summed E-state index contributed by atoms with van der Waals surface area (Å²) >= 11 is 0. The van der Waals surface area contributed by atoms with Crippen molar-refractivity contribution < 1.29 is 28.6 Å². The number of carbonyl (C=O) groups excluding carboxylic acids is 3. The average Bonchev–Trinajstić information content (AvgIpc) is 2.66. The van der Waals surface area contributed by atoms with Gasteiger partial charge in [0.2, 0.25) is 0 Å². The SMILES string of the molecule is C=C(C)C(=O)OC.C=C(C)C(=O)OC1CCCCC1.C=C(C)C(=O)OCCC. The molecular weight excluding hydrogens is 360 g/mol. The number of rotatable bonds is 6. The van der Waals surface area contributed by atoms with E-state index in [0.717, 1.165) is 19.3 Å². The van der Waals surface area contributed by atoms with E-state index in [9.17, 15) is 14.4 Å². The molecule has 0 spiro atoms. The maximum absolute atomic E-state index is 11.1. The predicted octanol–water partition coefficient (Wildman–Crippen LogP) is 4.69. The standard InChI is InChI=1S/C10H16O2.C7H12O2.C5H8O2/c1-8(2)10(11)12-9-6-4-3-5-7-9;1-4-5-9-7(8)6(2)3;1-4(2)5(6)7-3/h9H,1,3-7H2,2H3;2,4-5H2,1,3H3;1H2,2-3H3. The first-order valence-corrected chi connectivity index (χ1v) is 9.49. The van der Waals surface area contributed by atoms with E-state index >= 15 is 0 Å². The molecule has 28 heavy (non-hydrogen) atoms. The third-order valence-corrected chi connectivity index (χ3v) is 3.49. The van der Waals surface area contributed by atoms with Gasteiger partial charge in [0.1, 0.15) is 6.10 Å². The van der Waals surface area contributed by atoms with Gasteiger partial charge in [-0.25, -0.2) is 14.4 Å². The molecule has 0 unspecified atom stereocenters. The van der Waals surface area contributed by atoms with E-state index in [4.69, 9.17) is 9.47 Å². The van der Waals surface area contributed by atoms with Crippen molar-refractivity contribution in [2.45, 2.75) is 72.3 Å². The van der Waals surface area contributed by atoms with Crippen LogP contribution in [0.3, 0.4) is 0 Å². The molecule has 0 saturated heterocycles. The minimum Gasteiger partial charge on any atom is -0.466 e. The van der Waals surface area contributed by atoms with Crippen LogP contribution in [-0.4, -0.2) is 37.7 Å². The van der Waals surface area contributed by atoms with Crippen LogP contribution in [0.4, 0.5) is 0 Å². The third kappa shape index (κ3) is 15.9. The fourth-order valence-corrected chi connectivity index (χ4v) is 1.93. The second-order valence-electron chi connectivity index (χ2n) is 6.63. The van der Waals surface area contributed by atoms with Crippen molar-refractivity contribution in [2.75, 3.05) is 13.7 Å². The summed E-state index contributed by atoms with van der Waals surface area (Å²) < 4.78 is 14.2. The molecule has 0 bridgehead atoms. The number of methoxy groups -OCH3 is 1. The summed E-state index contributed by atoms with van der Waals surface area (Å²) in [6, 6.07) is 0. The molecule has 1 saturated carbocycles. The van der Waals surface area contributed by atoms with Gasteiger partial charge >= 0.3 is 17.9 Å². The lowest BCUT2D eigenvalue weighted by molar-refractivity contribution is -0.145. The minimum absolute atomic E-state index is 0.156. The molecule has 160 valence electrons. The number of esters is 3. The van der Waals surface area contributed by atoms with Crippen LogP contribution in [0.15, 0.2) is 36.5 Å². The first-order chi connectivity index (χ1) is 13.1. The van der Waals surface area contributed by atoms with E-state index in [1.165, 1.54) is 26.4 Å². The zero-order valence-electron chi connectivity index (χ0n) is 18.1. The summed E-state index contributed by atoms with van der Waals surface area (Å²) in [5.41, 5.74) is 1.39. The molecule has 0 aromatic rings. The van der Waals surface area contributed by atoms with Gasteiger partial charge in [-0.3, -0.25) is 0 Å². The summed E-state index contributed by atoms with van der Waals surface area (Å²) in [5, 5.41) is 0. The molecule has 6 heteroatoms. The quantitative estimate of drug-likeness (QED) is 0.368. The maximum atomic E-state index is 11.1. The van der Waals surface area contributed by atoms with Crippen molar-refractivity contribution >= 4 is 17.9 Å². The van der Waals surface area contributed by atoms with Gasteiger partial charge in [0.25, 0.3) is 0 Å². The highest BCUT2D eigenvalue weighted by Gasteiger charge is 2.17. The highest BCUT2D eigenvalue weighted by Crippen LogP contribution is 2.20. The summed E-state index contributed by atoms with van der Waals surface area (Å²) in [4.78, 5) is 31.9. The molecule has 0 heterocycles. The Labute approximate surface area is 169 Å². The van der Waals surface area contributed by atoms with Gasteiger partial charge in [0.05, 0.1) is 13.7 Å². The average molecular weight is 397 g/mol. The lowest BCUT2D eigenvalue weighted by Gasteiger charge is -2.21. The normalized spacial score (nSPS) is 12.8. The molecule has 1 aliphatic rings. The zero-order chi connectivity index (χ0) is 22.1. The van der Waals surface area contributed by atoms with Crippen LogP contribution >= 0.6 is 0 Å². The molecule has 0 aromatic heterocycles. The van der Waals surface area contributed by atoms with E-state index in [0.29, 0.717) is 23.3 Å². The molecular formula is C22H36O6. The van der Waals surface area contributed by atoms with Crippen LogP contribution in [-0.2, 0) is 28.6 Å². The van der Waals surface area contributed by atoms with E-state index in [1.54, 1.807) is 20.8 Å². The van der Waals surface area contributed by atoms with Gasteiger partial charge in [-0.2, -0.15) is 0 Å². The van der Waals surface area contributed by atoms with Crippen molar-refractivity contribution in [3.05, 3.63) is 36.5 Å². The van der Waals surface area contributed by atoms with Crippen molar-refractivity contribution in [2.24, 2.45) is 0 Å². The van der Waals surface area contributed by atoms with E-state index in [-0.39, 0.29) is 24.0 Å². The lowest BCUT2D eigenvalue weighted by Crippen LogP contribution is -2.20. The van der Waals surface area contributed by atoms with Gasteiger partial charge in [-0.15, -0.1) is 0 Å². The molecule has 0 radical (unpaired) electrons. The smallest absolute Gasteiger partial charge is 0.333 e. The highest BCUT2D eigenvalue weighted by atomic mass is 16.5. The van der Waals surface area contributed by atoms with Crippen LogP contribution in [0.5, 0.6) is 0 Å². The molecule has 0 N–H and O–H groups in total. The Balaban J connectivity index is 0. The van der Waals surface area contributed by atoms with Crippen molar-refractivity contribution in [3.8, 4) is 0 Å². The van der Waals surface area contributed by atoms with Gasteiger partial charge in [0.15, 0.2) is 0 Å². The van der Waals surface area contributed by atoms with Crippen molar-refractivity contribution in [1.82, 2.24) is 0 Å². The molecule has 0 aliphatic heterocycles. The number of carbonyl (C=O) groups is 3. The van der Waals surface area contributed by atoms with Crippen LogP contribution < -0.4 is 0 Å². The number of ether oxygens (including phenoxy) is 3. The summed E-state index contributed by atoms with van der Waals surface area (Å²) in [5.74, 6) is -0.876. The van der Waals surface area contributed by atoms with Crippen LogP contribution in [0.1, 0.15) is 66.2 Å². The molecule has 1 rings (SSSR count). The highest BCUT2D eigenvalue weighted by molar-refractivity contribution is 5.87. The first-order valence-electron chi connectivity index (χ1n) is 9.49. The molecule has 0 amide bonds. The van der Waals surface area contributed by atoms with Gasteiger partial charge in [-0.1, -0.05) is 33.1 Å². The fraction of sp³-hybridized carbons (Fsp3) is 0.591. The van der Waals surface area contributed by atoms with Gasteiger partial charge in [-0.05, 0) is 52.9 Å². The second-order valence-corrected chi connectivity index (χ2v) is 6.63. The van der Waals surface area contributed by atoms with Gasteiger partial charge in [0, 0.05) is 16.7 Å². The third-order valence-electron chi connectivity index (χ3n) is 3.49. The van der Waals surface area contributed by atoms with Crippen molar-refractivity contribution in [1.29, 1.82) is 0 Å². The fourth-order valence-electron chi connectivity index (χ4n) is 1.93. The molecule has 0 aromatic carbocycles. The Hall–Kier alpha value is -2.37. The Morgan fingerprint density at radius 1 is 0.821 bits per heavy atom. The zero-order valence-corrected chi connectivity index (χ0v) is 18.1. The summed E-state index contributed by atoms with van der Waals surface area (Å²) in [7, 11) is 1.33. The lowest BCUT2D eigenvalue weighted by atomic mass is 9.98. The topological polar surface area (TPSA) is 78.9 Å². The molecule has 1 fully saturated rings. The Morgan fingerprint density at radius 2 is 1.29 bits per heavy atom. The summed E-state index contributed by atoms with van der Waals surface area (Å²) in [6.07, 6.45) is 6.73. The Morgan fingerprint density at radius 3 is 1.61 bits per heavy atom. The number of hydrogen-bond acceptors (Lipinski definition) is 6. The van der Waals surface area contributed by atoms with Crippen LogP contribution in [0, 0.1) is 0 Å². The van der Waals surface area contributed by atoms with E-state index in [2.05, 4.69) is 24.5 Å². The van der Waals surface area contributed by atoms with Crippen LogP contribution in [0.25, 0.3) is 0 Å². The Bertz CT molecular complexity index is 541. The Kier molecular flexibility index (Phi) is 16.7. The first kappa shape index (κ1) is 27.8. The summed E-state index contributed by atoms with van der Waals surface area (Å²) in [6.45, 7) is 17.7. The van der Waals surface area contributed by atoms with E-state index < -0.39 is 0 Å².